The highest BCUT2D eigenvalue weighted by atomic mass is 16.5. The second-order valence-electron chi connectivity index (χ2n) is 6.86. The Morgan fingerprint density at radius 1 is 0.966 bits per heavy atom. The molecule has 4 nitrogen and oxygen atoms in total. The van der Waals surface area contributed by atoms with Crippen molar-refractivity contribution in [2.45, 2.75) is 6.10 Å². The molecule has 0 spiro atoms. The van der Waals surface area contributed by atoms with Crippen molar-refractivity contribution in [3.63, 3.8) is 0 Å². The van der Waals surface area contributed by atoms with E-state index in [9.17, 15) is 5.26 Å². The van der Waals surface area contributed by atoms with Gasteiger partial charge in [-0.3, -0.25) is 0 Å². The highest BCUT2D eigenvalue weighted by Crippen LogP contribution is 2.38. The molecule has 138 valence electrons. The fourth-order valence-electron chi connectivity index (χ4n) is 3.56. The lowest BCUT2D eigenvalue weighted by molar-refractivity contribution is 0.243. The number of ether oxygens (including phenoxy) is 1. The Bertz CT molecular complexity index is 1260. The Kier molecular flexibility index (Phi) is 4.19. The number of para-hydroxylation sites is 3. The molecule has 1 atom stereocenters. The zero-order valence-corrected chi connectivity index (χ0v) is 15.5. The van der Waals surface area contributed by atoms with Gasteiger partial charge in [0.1, 0.15) is 23.7 Å². The van der Waals surface area contributed by atoms with E-state index in [0.29, 0.717) is 11.4 Å². The monoisotopic (exact) mass is 375 g/mol. The number of fused-ring (bicyclic) bond motifs is 2. The molecule has 0 saturated heterocycles. The van der Waals surface area contributed by atoms with Crippen LogP contribution < -0.4 is 4.74 Å². The zero-order valence-electron chi connectivity index (χ0n) is 15.5. The van der Waals surface area contributed by atoms with E-state index in [2.05, 4.69) is 22.1 Å². The Balaban J connectivity index is 1.63. The summed E-state index contributed by atoms with van der Waals surface area (Å²) in [4.78, 5) is 7.82. The van der Waals surface area contributed by atoms with E-state index < -0.39 is 0 Å². The van der Waals surface area contributed by atoms with Gasteiger partial charge in [0.05, 0.1) is 16.6 Å². The van der Waals surface area contributed by atoms with Gasteiger partial charge >= 0.3 is 0 Å². The summed E-state index contributed by atoms with van der Waals surface area (Å²) in [6, 6.07) is 28.0. The van der Waals surface area contributed by atoms with E-state index in [-0.39, 0.29) is 6.10 Å². The third kappa shape index (κ3) is 3.19. The van der Waals surface area contributed by atoms with Crippen molar-refractivity contribution in [2.24, 2.45) is 0 Å². The van der Waals surface area contributed by atoms with Crippen LogP contribution in [0.3, 0.4) is 0 Å². The van der Waals surface area contributed by atoms with Crippen LogP contribution in [0.4, 0.5) is 0 Å². The van der Waals surface area contributed by atoms with E-state index in [4.69, 9.17) is 4.74 Å². The minimum atomic E-state index is -0.293. The fraction of sp³-hybridized carbons (Fsp3) is 0.0400. The number of nitrogens with one attached hydrogen (secondary N) is 1. The number of H-pyrrole nitrogens is 1. The standard InChI is InChI=1S/C25H17N3O/c26-16-20(25-27-21-11-5-6-12-22(21)28-25)15-19-14-18-10-4-7-13-23(18)29-24(19)17-8-2-1-3-9-17/h1-15,24H,(H,27,28)/b20-15+. The molecule has 3 aromatic carbocycles. The van der Waals surface area contributed by atoms with Crippen LogP contribution in [0.25, 0.3) is 22.7 Å². The van der Waals surface area contributed by atoms with Crippen molar-refractivity contribution in [1.29, 1.82) is 5.26 Å². The van der Waals surface area contributed by atoms with Gasteiger partial charge in [0, 0.05) is 5.56 Å². The van der Waals surface area contributed by atoms with Crippen molar-refractivity contribution in [2.75, 3.05) is 0 Å². The van der Waals surface area contributed by atoms with Gasteiger partial charge in [-0.25, -0.2) is 4.98 Å². The van der Waals surface area contributed by atoms with Gasteiger partial charge in [0.15, 0.2) is 0 Å². The first-order valence-electron chi connectivity index (χ1n) is 9.41. The molecule has 5 rings (SSSR count). The number of rotatable bonds is 3. The van der Waals surface area contributed by atoms with Gasteiger partial charge in [-0.15, -0.1) is 0 Å². The molecule has 1 aliphatic heterocycles. The smallest absolute Gasteiger partial charge is 0.149 e. The van der Waals surface area contributed by atoms with E-state index in [0.717, 1.165) is 33.5 Å². The molecule has 29 heavy (non-hydrogen) atoms. The fourth-order valence-corrected chi connectivity index (χ4v) is 3.56. The number of benzene rings is 3. The summed E-state index contributed by atoms with van der Waals surface area (Å²) in [5.74, 6) is 1.39. The predicted octanol–water partition coefficient (Wildman–Crippen LogP) is 5.69. The number of aromatic amines is 1. The lowest BCUT2D eigenvalue weighted by Crippen LogP contribution is -2.14. The van der Waals surface area contributed by atoms with Gasteiger partial charge in [0.2, 0.25) is 0 Å². The van der Waals surface area contributed by atoms with Crippen molar-refractivity contribution < 1.29 is 4.74 Å². The first-order chi connectivity index (χ1) is 14.3. The number of aromatic nitrogens is 2. The predicted molar refractivity (Wildman–Crippen MR) is 114 cm³/mol. The molecule has 0 amide bonds. The molecule has 1 aromatic heterocycles. The third-order valence-electron chi connectivity index (χ3n) is 4.97. The van der Waals surface area contributed by atoms with E-state index >= 15 is 0 Å². The Morgan fingerprint density at radius 3 is 2.55 bits per heavy atom. The van der Waals surface area contributed by atoms with Crippen molar-refractivity contribution in [3.05, 3.63) is 107 Å². The topological polar surface area (TPSA) is 61.7 Å². The molecular weight excluding hydrogens is 358 g/mol. The molecule has 2 heterocycles. The minimum absolute atomic E-state index is 0.293. The third-order valence-corrected chi connectivity index (χ3v) is 4.97. The maximum absolute atomic E-state index is 9.84. The van der Waals surface area contributed by atoms with Gasteiger partial charge < -0.3 is 9.72 Å². The lowest BCUT2D eigenvalue weighted by atomic mass is 9.94. The molecule has 0 aliphatic carbocycles. The normalized spacial score (nSPS) is 15.9. The molecule has 1 aliphatic rings. The van der Waals surface area contributed by atoms with Crippen molar-refractivity contribution in [1.82, 2.24) is 9.97 Å². The summed E-state index contributed by atoms with van der Waals surface area (Å²) in [6.45, 7) is 0. The summed E-state index contributed by atoms with van der Waals surface area (Å²) in [6.07, 6.45) is 3.65. The van der Waals surface area contributed by atoms with Crippen LogP contribution >= 0.6 is 0 Å². The average molecular weight is 375 g/mol. The highest BCUT2D eigenvalue weighted by molar-refractivity contribution is 5.84. The Labute approximate surface area is 168 Å². The van der Waals surface area contributed by atoms with Crippen LogP contribution in [-0.4, -0.2) is 9.97 Å². The van der Waals surface area contributed by atoms with Crippen LogP contribution in [0.1, 0.15) is 23.1 Å². The van der Waals surface area contributed by atoms with Crippen LogP contribution in [0.5, 0.6) is 5.75 Å². The minimum Gasteiger partial charge on any atom is -0.480 e. The molecule has 4 aromatic rings. The number of allylic oxidation sites excluding steroid dienone is 1. The van der Waals surface area contributed by atoms with Crippen molar-refractivity contribution in [3.8, 4) is 11.8 Å². The summed E-state index contributed by atoms with van der Waals surface area (Å²) in [5, 5.41) is 9.84. The molecule has 0 radical (unpaired) electrons. The van der Waals surface area contributed by atoms with E-state index in [1.165, 1.54) is 0 Å². The summed E-state index contributed by atoms with van der Waals surface area (Å²) < 4.78 is 6.32. The second kappa shape index (κ2) is 7.14. The molecule has 1 unspecified atom stereocenters. The summed E-state index contributed by atoms with van der Waals surface area (Å²) in [5.41, 5.74) is 5.15. The van der Waals surface area contributed by atoms with Gasteiger partial charge in [0.25, 0.3) is 0 Å². The maximum Gasteiger partial charge on any atom is 0.149 e. The Hall–Kier alpha value is -4.10. The Morgan fingerprint density at radius 2 is 1.72 bits per heavy atom. The van der Waals surface area contributed by atoms with Crippen LogP contribution in [0, 0.1) is 11.3 Å². The van der Waals surface area contributed by atoms with Gasteiger partial charge in [-0.2, -0.15) is 5.26 Å². The highest BCUT2D eigenvalue weighted by Gasteiger charge is 2.24. The number of imidazole rings is 1. The summed E-state index contributed by atoms with van der Waals surface area (Å²) in [7, 11) is 0. The van der Waals surface area contributed by atoms with E-state index in [1.807, 2.05) is 84.9 Å². The number of nitrogens with zero attached hydrogens (tertiary/aromatic N) is 2. The maximum atomic E-state index is 9.84. The molecule has 0 fully saturated rings. The molecule has 0 bridgehead atoms. The van der Waals surface area contributed by atoms with Gasteiger partial charge in [-0.1, -0.05) is 60.7 Å². The molecular formula is C25H17N3O. The SMILES string of the molecule is N#C/C(=C\C1=Cc2ccccc2OC1c1ccccc1)c1nc2ccccc2[nH]1. The number of hydrogen-bond acceptors (Lipinski definition) is 3. The van der Waals surface area contributed by atoms with Crippen LogP contribution in [-0.2, 0) is 0 Å². The summed E-state index contributed by atoms with van der Waals surface area (Å²) >= 11 is 0. The van der Waals surface area contributed by atoms with E-state index in [1.54, 1.807) is 0 Å². The first-order valence-corrected chi connectivity index (χ1v) is 9.41. The molecule has 4 heteroatoms. The van der Waals surface area contributed by atoms with Crippen LogP contribution in [0.15, 0.2) is 90.5 Å². The molecule has 1 N–H and O–H groups in total. The zero-order chi connectivity index (χ0) is 19.6. The first kappa shape index (κ1) is 17.0. The number of hydrogen-bond donors (Lipinski definition) is 1. The second-order valence-corrected chi connectivity index (χ2v) is 6.86. The quantitative estimate of drug-likeness (QED) is 0.468. The van der Waals surface area contributed by atoms with Crippen LogP contribution in [0.2, 0.25) is 0 Å². The lowest BCUT2D eigenvalue weighted by Gasteiger charge is -2.26. The van der Waals surface area contributed by atoms with Gasteiger partial charge in [-0.05, 0) is 41.5 Å². The van der Waals surface area contributed by atoms with Crippen molar-refractivity contribution >= 4 is 22.7 Å². The average Bonchev–Trinajstić information content (AvgIpc) is 3.21. The molecule has 0 saturated carbocycles. The largest absolute Gasteiger partial charge is 0.480 e. The number of nitriles is 1.